The molecule has 8 nitrogen and oxygen atoms in total. The number of hydrogen-bond donors (Lipinski definition) is 1. The van der Waals surface area contributed by atoms with Crippen molar-refractivity contribution in [3.63, 3.8) is 0 Å². The molecule has 1 aliphatic rings. The molecule has 1 aliphatic heterocycles. The van der Waals surface area contributed by atoms with Crippen LogP contribution in [0.2, 0.25) is 0 Å². The second-order valence-corrected chi connectivity index (χ2v) is 9.30. The van der Waals surface area contributed by atoms with E-state index in [0.29, 0.717) is 30.3 Å². The molecule has 32 heavy (non-hydrogen) atoms. The highest BCUT2D eigenvalue weighted by Gasteiger charge is 2.26. The molecule has 0 atom stereocenters. The van der Waals surface area contributed by atoms with E-state index in [9.17, 15) is 17.6 Å². The molecule has 0 radical (unpaired) electrons. The van der Waals surface area contributed by atoms with Gasteiger partial charge in [-0.3, -0.25) is 4.79 Å². The minimum absolute atomic E-state index is 0.0538. The number of benzene rings is 2. The van der Waals surface area contributed by atoms with Crippen LogP contribution in [0.25, 0.3) is 5.69 Å². The van der Waals surface area contributed by atoms with Crippen LogP contribution in [0.4, 0.5) is 4.39 Å². The van der Waals surface area contributed by atoms with E-state index in [0.717, 1.165) is 0 Å². The number of carbonyl (C=O) groups excluding carboxylic acids is 1. The lowest BCUT2D eigenvalue weighted by Gasteiger charge is -2.26. The van der Waals surface area contributed by atoms with Crippen molar-refractivity contribution in [3.05, 3.63) is 77.6 Å². The van der Waals surface area contributed by atoms with Crippen LogP contribution in [0.5, 0.6) is 0 Å². The normalized spacial score (nSPS) is 14.9. The van der Waals surface area contributed by atoms with Gasteiger partial charge in [-0.15, -0.1) is 0 Å². The SMILES string of the molecule is Cc1nccn1-c1ccc(CNC(=O)c2cccc(S(=O)(=O)N3CCOCC3)c2)cc1F. The highest BCUT2D eigenvalue weighted by Crippen LogP contribution is 2.19. The van der Waals surface area contributed by atoms with E-state index >= 15 is 0 Å². The van der Waals surface area contributed by atoms with Gasteiger partial charge in [-0.05, 0) is 42.8 Å². The van der Waals surface area contributed by atoms with Gasteiger partial charge in [0.1, 0.15) is 11.6 Å². The summed E-state index contributed by atoms with van der Waals surface area (Å²) < 4.78 is 48.4. The quantitative estimate of drug-likeness (QED) is 0.612. The smallest absolute Gasteiger partial charge is 0.251 e. The van der Waals surface area contributed by atoms with Crippen LogP contribution in [0.1, 0.15) is 21.7 Å². The summed E-state index contributed by atoms with van der Waals surface area (Å²) in [4.78, 5) is 16.8. The molecule has 2 heterocycles. The minimum atomic E-state index is -3.70. The fourth-order valence-electron chi connectivity index (χ4n) is 3.51. The first-order chi connectivity index (χ1) is 15.4. The fraction of sp³-hybridized carbons (Fsp3) is 0.273. The number of amides is 1. The summed E-state index contributed by atoms with van der Waals surface area (Å²) in [6, 6.07) is 10.6. The molecule has 3 aromatic rings. The zero-order valence-corrected chi connectivity index (χ0v) is 18.3. The predicted molar refractivity (Wildman–Crippen MR) is 115 cm³/mol. The molecule has 0 spiro atoms. The number of aryl methyl sites for hydroxylation is 1. The van der Waals surface area contributed by atoms with Gasteiger partial charge in [0.15, 0.2) is 0 Å². The lowest BCUT2D eigenvalue weighted by Crippen LogP contribution is -2.40. The third kappa shape index (κ3) is 4.57. The third-order valence-electron chi connectivity index (χ3n) is 5.25. The highest BCUT2D eigenvalue weighted by atomic mass is 32.2. The largest absolute Gasteiger partial charge is 0.379 e. The number of carbonyl (C=O) groups is 1. The van der Waals surface area contributed by atoms with Crippen molar-refractivity contribution in [1.82, 2.24) is 19.2 Å². The number of imidazole rings is 1. The van der Waals surface area contributed by atoms with Crippen LogP contribution in [0.3, 0.4) is 0 Å². The lowest BCUT2D eigenvalue weighted by molar-refractivity contribution is 0.0730. The van der Waals surface area contributed by atoms with Crippen molar-refractivity contribution in [2.75, 3.05) is 26.3 Å². The number of aromatic nitrogens is 2. The Morgan fingerprint density at radius 2 is 1.97 bits per heavy atom. The van der Waals surface area contributed by atoms with Crippen molar-refractivity contribution in [2.45, 2.75) is 18.4 Å². The zero-order valence-electron chi connectivity index (χ0n) is 17.5. The third-order valence-corrected chi connectivity index (χ3v) is 7.15. The average Bonchev–Trinajstić information content (AvgIpc) is 3.23. The van der Waals surface area contributed by atoms with E-state index < -0.39 is 21.7 Å². The lowest BCUT2D eigenvalue weighted by atomic mass is 10.1. The molecule has 1 N–H and O–H groups in total. The van der Waals surface area contributed by atoms with Crippen LogP contribution < -0.4 is 5.32 Å². The van der Waals surface area contributed by atoms with Crippen molar-refractivity contribution < 1.29 is 22.3 Å². The molecule has 0 saturated carbocycles. The topological polar surface area (TPSA) is 93.5 Å². The first kappa shape index (κ1) is 22.1. The Kier molecular flexibility index (Phi) is 6.35. The average molecular weight is 459 g/mol. The second-order valence-electron chi connectivity index (χ2n) is 7.36. The molecular formula is C22H23FN4O4S. The van der Waals surface area contributed by atoms with Gasteiger partial charge in [0, 0.05) is 37.6 Å². The van der Waals surface area contributed by atoms with E-state index in [2.05, 4.69) is 10.3 Å². The summed E-state index contributed by atoms with van der Waals surface area (Å²) in [6.07, 6.45) is 3.27. The summed E-state index contributed by atoms with van der Waals surface area (Å²) in [5.74, 6) is -0.215. The van der Waals surface area contributed by atoms with Gasteiger partial charge < -0.3 is 14.6 Å². The van der Waals surface area contributed by atoms with Gasteiger partial charge in [0.2, 0.25) is 10.0 Å². The monoisotopic (exact) mass is 458 g/mol. The molecule has 0 bridgehead atoms. The van der Waals surface area contributed by atoms with E-state index in [4.69, 9.17) is 4.74 Å². The number of sulfonamides is 1. The fourth-order valence-corrected chi connectivity index (χ4v) is 4.96. The molecule has 0 aliphatic carbocycles. The van der Waals surface area contributed by atoms with E-state index in [-0.39, 0.29) is 30.1 Å². The Morgan fingerprint density at radius 3 is 2.66 bits per heavy atom. The van der Waals surface area contributed by atoms with Crippen molar-refractivity contribution in [2.24, 2.45) is 0 Å². The first-order valence-corrected chi connectivity index (χ1v) is 11.6. The van der Waals surface area contributed by atoms with Gasteiger partial charge >= 0.3 is 0 Å². The standard InChI is InChI=1S/C22H23FN4O4S/c1-16-24-7-8-27(16)21-6-5-17(13-20(21)23)15-25-22(28)18-3-2-4-19(14-18)32(29,30)26-9-11-31-12-10-26/h2-8,13-14H,9-12,15H2,1H3,(H,25,28). The van der Waals surface area contributed by atoms with E-state index in [1.807, 2.05) is 0 Å². The summed E-state index contributed by atoms with van der Waals surface area (Å²) in [5, 5.41) is 2.71. The number of halogens is 1. The van der Waals surface area contributed by atoms with Gasteiger partial charge in [-0.25, -0.2) is 17.8 Å². The van der Waals surface area contributed by atoms with E-state index in [1.54, 1.807) is 42.1 Å². The molecule has 1 aromatic heterocycles. The summed E-state index contributed by atoms with van der Waals surface area (Å²) in [6.45, 7) is 3.11. The van der Waals surface area contributed by atoms with E-state index in [1.165, 1.54) is 28.6 Å². The van der Waals surface area contributed by atoms with Crippen LogP contribution >= 0.6 is 0 Å². The van der Waals surface area contributed by atoms with Crippen LogP contribution in [-0.4, -0.2) is 54.5 Å². The Labute approximate surface area is 185 Å². The number of nitrogens with zero attached hydrogens (tertiary/aromatic N) is 3. The zero-order chi connectivity index (χ0) is 22.7. The van der Waals surface area contributed by atoms with Gasteiger partial charge in [0.25, 0.3) is 5.91 Å². The Balaban J connectivity index is 1.45. The summed E-state index contributed by atoms with van der Waals surface area (Å²) in [5.41, 5.74) is 1.16. The van der Waals surface area contributed by atoms with Gasteiger partial charge in [-0.1, -0.05) is 12.1 Å². The van der Waals surface area contributed by atoms with Crippen molar-refractivity contribution >= 4 is 15.9 Å². The van der Waals surface area contributed by atoms with Crippen LogP contribution in [-0.2, 0) is 21.3 Å². The van der Waals surface area contributed by atoms with Gasteiger partial charge in [-0.2, -0.15) is 4.31 Å². The molecule has 2 aromatic carbocycles. The second kappa shape index (κ2) is 9.19. The van der Waals surface area contributed by atoms with Crippen molar-refractivity contribution in [3.8, 4) is 5.69 Å². The predicted octanol–water partition coefficient (Wildman–Crippen LogP) is 2.27. The maximum atomic E-state index is 14.6. The maximum Gasteiger partial charge on any atom is 0.251 e. The minimum Gasteiger partial charge on any atom is -0.379 e. The molecule has 1 amide bonds. The van der Waals surface area contributed by atoms with Crippen LogP contribution in [0.15, 0.2) is 59.8 Å². The molecule has 4 rings (SSSR count). The molecule has 1 fully saturated rings. The number of hydrogen-bond acceptors (Lipinski definition) is 5. The Bertz CT molecular complexity index is 1240. The number of rotatable bonds is 6. The number of morpholine rings is 1. The van der Waals surface area contributed by atoms with Crippen LogP contribution in [0, 0.1) is 12.7 Å². The molecular weight excluding hydrogens is 435 g/mol. The van der Waals surface area contributed by atoms with Gasteiger partial charge in [0.05, 0.1) is 23.8 Å². The molecule has 10 heteroatoms. The summed E-state index contributed by atoms with van der Waals surface area (Å²) in [7, 11) is -3.70. The summed E-state index contributed by atoms with van der Waals surface area (Å²) >= 11 is 0. The molecule has 1 saturated heterocycles. The van der Waals surface area contributed by atoms with Crippen molar-refractivity contribution in [1.29, 1.82) is 0 Å². The Hall–Kier alpha value is -3.08. The highest BCUT2D eigenvalue weighted by molar-refractivity contribution is 7.89. The number of ether oxygens (including phenoxy) is 1. The first-order valence-electron chi connectivity index (χ1n) is 10.1. The molecule has 0 unspecified atom stereocenters. The maximum absolute atomic E-state index is 14.6. The molecule has 168 valence electrons. The number of nitrogens with one attached hydrogen (secondary N) is 1. The Morgan fingerprint density at radius 1 is 1.19 bits per heavy atom.